The predicted molar refractivity (Wildman–Crippen MR) is 125 cm³/mol. The van der Waals surface area contributed by atoms with E-state index in [-0.39, 0.29) is 30.3 Å². The molecule has 1 amide bonds. The third-order valence-corrected chi connectivity index (χ3v) is 6.50. The van der Waals surface area contributed by atoms with Crippen LogP contribution in [0.25, 0.3) is 0 Å². The molecule has 170 valence electrons. The molecule has 1 aliphatic rings. The number of nitrogens with zero attached hydrogens (tertiary/aromatic N) is 2. The number of benzene rings is 2. The smallest absolute Gasteiger partial charge is 0.341 e. The first-order chi connectivity index (χ1) is 16.0. The number of hydrogen-bond donors (Lipinski definition) is 0. The summed E-state index contributed by atoms with van der Waals surface area (Å²) >= 11 is 1.47. The Morgan fingerprint density at radius 2 is 1.88 bits per heavy atom. The molecule has 6 nitrogen and oxygen atoms in total. The van der Waals surface area contributed by atoms with Crippen molar-refractivity contribution in [2.45, 2.75) is 25.8 Å². The summed E-state index contributed by atoms with van der Waals surface area (Å²) in [6.45, 7) is 4.02. The number of hydrogen-bond acceptors (Lipinski definition) is 6. The Morgan fingerprint density at radius 1 is 1.15 bits per heavy atom. The third-order valence-electron chi connectivity index (χ3n) is 5.29. The van der Waals surface area contributed by atoms with E-state index in [1.807, 2.05) is 19.1 Å². The minimum absolute atomic E-state index is 0.0682. The van der Waals surface area contributed by atoms with Crippen molar-refractivity contribution in [1.29, 1.82) is 0 Å². The number of carbonyl (C=O) groups excluding carboxylic acids is 2. The van der Waals surface area contributed by atoms with Crippen LogP contribution < -0.4 is 9.64 Å². The van der Waals surface area contributed by atoms with E-state index in [2.05, 4.69) is 4.98 Å². The van der Waals surface area contributed by atoms with Crippen molar-refractivity contribution >= 4 is 29.3 Å². The molecule has 0 bridgehead atoms. The first kappa shape index (κ1) is 22.8. The third kappa shape index (κ3) is 4.85. The van der Waals surface area contributed by atoms with Gasteiger partial charge in [0.25, 0.3) is 0 Å². The largest absolute Gasteiger partial charge is 0.488 e. The second-order valence-electron chi connectivity index (χ2n) is 7.43. The zero-order valence-corrected chi connectivity index (χ0v) is 19.1. The number of esters is 1. The second kappa shape index (κ2) is 10.0. The van der Waals surface area contributed by atoms with Crippen LogP contribution in [0.15, 0.2) is 60.9 Å². The van der Waals surface area contributed by atoms with Crippen LogP contribution in [0.4, 0.5) is 10.1 Å². The molecule has 1 aromatic heterocycles. The molecule has 0 aliphatic carbocycles. The Bertz CT molecular complexity index is 1160. The Balaban J connectivity index is 1.73. The monoisotopic (exact) mass is 466 g/mol. The van der Waals surface area contributed by atoms with Gasteiger partial charge in [0.15, 0.2) is 0 Å². The van der Waals surface area contributed by atoms with Gasteiger partial charge in [0.1, 0.15) is 29.1 Å². The van der Waals surface area contributed by atoms with Gasteiger partial charge in [-0.15, -0.1) is 11.8 Å². The van der Waals surface area contributed by atoms with E-state index < -0.39 is 5.97 Å². The minimum Gasteiger partial charge on any atom is -0.488 e. The highest BCUT2D eigenvalue weighted by Crippen LogP contribution is 2.45. The van der Waals surface area contributed by atoms with Gasteiger partial charge in [0, 0.05) is 18.0 Å². The Kier molecular flexibility index (Phi) is 6.93. The summed E-state index contributed by atoms with van der Waals surface area (Å²) in [4.78, 5) is 31.2. The molecule has 1 unspecified atom stereocenters. The number of halogens is 1. The van der Waals surface area contributed by atoms with E-state index in [9.17, 15) is 14.0 Å². The van der Waals surface area contributed by atoms with Crippen molar-refractivity contribution < 1.29 is 23.5 Å². The summed E-state index contributed by atoms with van der Waals surface area (Å²) in [5.74, 6) is -0.226. The van der Waals surface area contributed by atoms with E-state index in [1.54, 1.807) is 48.5 Å². The van der Waals surface area contributed by atoms with E-state index in [1.165, 1.54) is 23.9 Å². The first-order valence-corrected chi connectivity index (χ1v) is 11.6. The lowest BCUT2D eigenvalue weighted by molar-refractivity contribution is -0.115. The Morgan fingerprint density at radius 3 is 2.58 bits per heavy atom. The molecular formula is C25H23FN2O4S. The number of thioether (sulfide) groups is 1. The molecule has 1 aliphatic heterocycles. The van der Waals surface area contributed by atoms with Crippen molar-refractivity contribution in [3.05, 3.63) is 89.0 Å². The normalized spacial score (nSPS) is 15.5. The van der Waals surface area contributed by atoms with Crippen LogP contribution in [0.5, 0.6) is 5.75 Å². The fraction of sp³-hybridized carbons (Fsp3) is 0.240. The van der Waals surface area contributed by atoms with Gasteiger partial charge in [-0.25, -0.2) is 9.18 Å². The maximum Gasteiger partial charge on any atom is 0.341 e. The summed E-state index contributed by atoms with van der Waals surface area (Å²) in [6, 6.07) is 13.2. The highest BCUT2D eigenvalue weighted by Gasteiger charge is 2.36. The van der Waals surface area contributed by atoms with E-state index >= 15 is 0 Å². The maximum absolute atomic E-state index is 13.4. The van der Waals surface area contributed by atoms with E-state index in [4.69, 9.17) is 9.47 Å². The number of aromatic nitrogens is 1. The van der Waals surface area contributed by atoms with Crippen LogP contribution in [0.2, 0.25) is 0 Å². The van der Waals surface area contributed by atoms with Crippen molar-refractivity contribution in [2.75, 3.05) is 17.3 Å². The molecule has 3 aromatic rings. The summed E-state index contributed by atoms with van der Waals surface area (Å²) in [5.41, 5.74) is 3.29. The van der Waals surface area contributed by atoms with Crippen LogP contribution in [-0.4, -0.2) is 29.2 Å². The van der Waals surface area contributed by atoms with Gasteiger partial charge in [-0.05, 0) is 61.4 Å². The zero-order valence-electron chi connectivity index (χ0n) is 18.3. The van der Waals surface area contributed by atoms with E-state index in [0.29, 0.717) is 28.3 Å². The Labute approximate surface area is 195 Å². The maximum atomic E-state index is 13.4. The van der Waals surface area contributed by atoms with Gasteiger partial charge >= 0.3 is 5.97 Å². The number of amides is 1. The SMILES string of the molecule is CCOC(=O)c1ccc(N2C(=O)CSC2c2ccc(F)cc2)c(C)c1OCc1ccncc1. The second-order valence-corrected chi connectivity index (χ2v) is 8.50. The molecule has 1 saturated heterocycles. The van der Waals surface area contributed by atoms with Crippen LogP contribution >= 0.6 is 11.8 Å². The van der Waals surface area contributed by atoms with Crippen LogP contribution in [0.3, 0.4) is 0 Å². The lowest BCUT2D eigenvalue weighted by Gasteiger charge is -2.27. The van der Waals surface area contributed by atoms with Crippen molar-refractivity contribution in [3.8, 4) is 5.75 Å². The van der Waals surface area contributed by atoms with Gasteiger partial charge in [0.05, 0.1) is 18.0 Å². The molecule has 0 saturated carbocycles. The van der Waals surface area contributed by atoms with Crippen molar-refractivity contribution in [2.24, 2.45) is 0 Å². The van der Waals surface area contributed by atoms with Crippen molar-refractivity contribution in [1.82, 2.24) is 4.98 Å². The molecule has 0 N–H and O–H groups in total. The lowest BCUT2D eigenvalue weighted by atomic mass is 10.1. The highest BCUT2D eigenvalue weighted by atomic mass is 32.2. The number of anilines is 1. The van der Waals surface area contributed by atoms with E-state index in [0.717, 1.165) is 11.1 Å². The highest BCUT2D eigenvalue weighted by molar-refractivity contribution is 8.00. The van der Waals surface area contributed by atoms with Crippen LogP contribution in [-0.2, 0) is 16.1 Å². The number of carbonyl (C=O) groups is 2. The molecule has 1 atom stereocenters. The average Bonchev–Trinajstić information content (AvgIpc) is 3.20. The molecule has 33 heavy (non-hydrogen) atoms. The fourth-order valence-corrected chi connectivity index (χ4v) is 4.86. The number of ether oxygens (including phenoxy) is 2. The van der Waals surface area contributed by atoms with Crippen LogP contribution in [0.1, 0.15) is 39.3 Å². The number of pyridine rings is 1. The molecule has 2 aromatic carbocycles. The van der Waals surface area contributed by atoms with Crippen molar-refractivity contribution in [3.63, 3.8) is 0 Å². The summed E-state index contributed by atoms with van der Waals surface area (Å²) < 4.78 is 24.7. The van der Waals surface area contributed by atoms with Crippen LogP contribution in [0, 0.1) is 12.7 Å². The molecular weight excluding hydrogens is 443 g/mol. The predicted octanol–water partition coefficient (Wildman–Crippen LogP) is 5.06. The Hall–Kier alpha value is -3.39. The van der Waals surface area contributed by atoms with Gasteiger partial charge in [-0.2, -0.15) is 0 Å². The minimum atomic E-state index is -0.492. The van der Waals surface area contributed by atoms with Gasteiger partial charge in [-0.3, -0.25) is 14.7 Å². The lowest BCUT2D eigenvalue weighted by Crippen LogP contribution is -2.29. The molecule has 2 heterocycles. The standard InChI is InChI=1S/C25H23FN2O4S/c1-3-31-25(30)20-8-9-21(16(2)23(20)32-14-17-10-12-27-13-11-17)28-22(29)15-33-24(28)18-4-6-19(26)7-5-18/h4-13,24H,3,14-15H2,1-2H3. The molecule has 0 radical (unpaired) electrons. The fourth-order valence-electron chi connectivity index (χ4n) is 3.69. The summed E-state index contributed by atoms with van der Waals surface area (Å²) in [5, 5.41) is -0.307. The quantitative estimate of drug-likeness (QED) is 0.453. The summed E-state index contributed by atoms with van der Waals surface area (Å²) in [7, 11) is 0. The topological polar surface area (TPSA) is 68.7 Å². The molecule has 0 spiro atoms. The number of rotatable bonds is 7. The first-order valence-electron chi connectivity index (χ1n) is 10.5. The molecule has 8 heteroatoms. The molecule has 1 fully saturated rings. The van der Waals surface area contributed by atoms with Gasteiger partial charge in [0.2, 0.25) is 5.91 Å². The zero-order chi connectivity index (χ0) is 23.4. The van der Waals surface area contributed by atoms with Gasteiger partial charge < -0.3 is 9.47 Å². The average molecular weight is 467 g/mol. The summed E-state index contributed by atoms with van der Waals surface area (Å²) in [6.07, 6.45) is 3.34. The molecule has 4 rings (SSSR count). The van der Waals surface area contributed by atoms with Gasteiger partial charge in [-0.1, -0.05) is 12.1 Å².